The van der Waals surface area contributed by atoms with E-state index in [1.807, 2.05) is 0 Å². The SMILES string of the molecule is O=C1CC2COCC1C2. The molecule has 1 saturated heterocycles. The van der Waals surface area contributed by atoms with Gasteiger partial charge in [-0.25, -0.2) is 0 Å². The van der Waals surface area contributed by atoms with E-state index in [-0.39, 0.29) is 5.92 Å². The van der Waals surface area contributed by atoms with Gasteiger partial charge in [-0.15, -0.1) is 0 Å². The van der Waals surface area contributed by atoms with Crippen LogP contribution in [0.3, 0.4) is 0 Å². The zero-order valence-corrected chi connectivity index (χ0v) is 5.30. The van der Waals surface area contributed by atoms with Gasteiger partial charge in [-0.2, -0.15) is 0 Å². The lowest BCUT2D eigenvalue weighted by molar-refractivity contribution is -0.121. The third-order valence-electron chi connectivity index (χ3n) is 2.24. The van der Waals surface area contributed by atoms with Crippen LogP contribution in [-0.4, -0.2) is 19.0 Å². The first-order chi connectivity index (χ1) is 4.36. The Kier molecular flexibility index (Phi) is 1.09. The Bertz CT molecular complexity index is 142. The fraction of sp³-hybridized carbons (Fsp3) is 0.857. The number of hydrogen-bond donors (Lipinski definition) is 0. The lowest BCUT2D eigenvalue weighted by atomic mass is 10.0. The predicted octanol–water partition coefficient (Wildman–Crippen LogP) is 0.612. The number of ketones is 1. The highest BCUT2D eigenvalue weighted by Crippen LogP contribution is 2.31. The number of carbonyl (C=O) groups is 1. The summed E-state index contributed by atoms with van der Waals surface area (Å²) in [5.41, 5.74) is 0. The van der Waals surface area contributed by atoms with Gasteiger partial charge in [0.15, 0.2) is 0 Å². The molecular formula is C7H10O2. The van der Waals surface area contributed by atoms with Crippen molar-refractivity contribution < 1.29 is 9.53 Å². The van der Waals surface area contributed by atoms with Gasteiger partial charge in [0.1, 0.15) is 5.78 Å². The van der Waals surface area contributed by atoms with Crippen molar-refractivity contribution in [3.8, 4) is 0 Å². The standard InChI is InChI=1S/C7H10O2/c8-7-2-5-1-6(7)4-9-3-5/h5-6H,1-4H2. The second-order valence-corrected chi connectivity index (χ2v) is 3.01. The van der Waals surface area contributed by atoms with E-state index >= 15 is 0 Å². The van der Waals surface area contributed by atoms with Crippen molar-refractivity contribution in [1.82, 2.24) is 0 Å². The van der Waals surface area contributed by atoms with Crippen LogP contribution in [0, 0.1) is 11.8 Å². The molecule has 50 valence electrons. The highest BCUT2D eigenvalue weighted by Gasteiger charge is 2.35. The van der Waals surface area contributed by atoms with Crippen LogP contribution >= 0.6 is 0 Å². The van der Waals surface area contributed by atoms with Crippen LogP contribution in [0.5, 0.6) is 0 Å². The maximum atomic E-state index is 11.0. The first-order valence-electron chi connectivity index (χ1n) is 3.46. The fourth-order valence-corrected chi connectivity index (χ4v) is 1.73. The van der Waals surface area contributed by atoms with Gasteiger partial charge in [-0.3, -0.25) is 4.79 Å². The van der Waals surface area contributed by atoms with Gasteiger partial charge in [0.2, 0.25) is 0 Å². The molecule has 2 heteroatoms. The molecule has 1 saturated carbocycles. The molecule has 0 aromatic carbocycles. The van der Waals surface area contributed by atoms with Crippen molar-refractivity contribution >= 4 is 5.78 Å². The highest BCUT2D eigenvalue weighted by atomic mass is 16.5. The van der Waals surface area contributed by atoms with E-state index in [1.54, 1.807) is 0 Å². The monoisotopic (exact) mass is 126 g/mol. The zero-order chi connectivity index (χ0) is 6.27. The number of fused-ring (bicyclic) bond motifs is 2. The zero-order valence-electron chi connectivity index (χ0n) is 5.30. The smallest absolute Gasteiger partial charge is 0.138 e. The molecule has 1 heterocycles. The first kappa shape index (κ1) is 5.42. The molecule has 2 nitrogen and oxygen atoms in total. The van der Waals surface area contributed by atoms with Crippen LogP contribution in [0.2, 0.25) is 0 Å². The minimum Gasteiger partial charge on any atom is -0.380 e. The maximum absolute atomic E-state index is 11.0. The highest BCUT2D eigenvalue weighted by molar-refractivity contribution is 5.83. The van der Waals surface area contributed by atoms with Crippen molar-refractivity contribution in [3.63, 3.8) is 0 Å². The molecule has 0 aromatic heterocycles. The van der Waals surface area contributed by atoms with E-state index in [9.17, 15) is 4.79 Å². The number of carbonyl (C=O) groups excluding carboxylic acids is 1. The molecule has 0 amide bonds. The molecular weight excluding hydrogens is 116 g/mol. The van der Waals surface area contributed by atoms with Crippen molar-refractivity contribution in [1.29, 1.82) is 0 Å². The third-order valence-corrected chi connectivity index (χ3v) is 2.24. The summed E-state index contributed by atoms with van der Waals surface area (Å²) in [6.45, 7) is 1.51. The van der Waals surface area contributed by atoms with Crippen LogP contribution < -0.4 is 0 Å². The summed E-state index contributed by atoms with van der Waals surface area (Å²) < 4.78 is 5.21. The molecule has 2 fully saturated rings. The number of hydrogen-bond acceptors (Lipinski definition) is 2. The van der Waals surface area contributed by atoms with Gasteiger partial charge in [0.05, 0.1) is 6.61 Å². The molecule has 2 atom stereocenters. The summed E-state index contributed by atoms with van der Waals surface area (Å²) in [6, 6.07) is 0. The van der Waals surface area contributed by atoms with Crippen molar-refractivity contribution in [3.05, 3.63) is 0 Å². The van der Waals surface area contributed by atoms with Gasteiger partial charge in [0, 0.05) is 18.9 Å². The normalized spacial score (nSPS) is 41.6. The summed E-state index contributed by atoms with van der Waals surface area (Å²) >= 11 is 0. The second-order valence-electron chi connectivity index (χ2n) is 3.01. The number of Topliss-reactive ketones (excluding diaryl/α,β-unsaturated/α-hetero) is 1. The minimum absolute atomic E-state index is 0.267. The molecule has 2 rings (SSSR count). The topological polar surface area (TPSA) is 26.3 Å². The molecule has 0 N–H and O–H groups in total. The van der Waals surface area contributed by atoms with Gasteiger partial charge in [-0.1, -0.05) is 0 Å². The Morgan fingerprint density at radius 2 is 2.33 bits per heavy atom. The fourth-order valence-electron chi connectivity index (χ4n) is 1.73. The minimum atomic E-state index is 0.267. The summed E-state index contributed by atoms with van der Waals surface area (Å²) in [4.78, 5) is 11.0. The average Bonchev–Trinajstić information content (AvgIpc) is 2.09. The quantitative estimate of drug-likeness (QED) is 0.475. The summed E-state index contributed by atoms with van der Waals surface area (Å²) in [5, 5.41) is 0. The Morgan fingerprint density at radius 3 is 3.00 bits per heavy atom. The summed E-state index contributed by atoms with van der Waals surface area (Å²) in [5.74, 6) is 1.26. The predicted molar refractivity (Wildman–Crippen MR) is 32.0 cm³/mol. The lowest BCUT2D eigenvalue weighted by Gasteiger charge is -2.16. The van der Waals surface area contributed by atoms with E-state index in [0.29, 0.717) is 18.3 Å². The molecule has 2 bridgehead atoms. The Balaban J connectivity index is 2.15. The van der Waals surface area contributed by atoms with Crippen molar-refractivity contribution in [2.24, 2.45) is 11.8 Å². The molecule has 9 heavy (non-hydrogen) atoms. The van der Waals surface area contributed by atoms with E-state index in [2.05, 4.69) is 0 Å². The largest absolute Gasteiger partial charge is 0.380 e. The van der Waals surface area contributed by atoms with Crippen LogP contribution in [0.1, 0.15) is 12.8 Å². The molecule has 0 spiro atoms. The third kappa shape index (κ3) is 0.778. The Labute approximate surface area is 54.2 Å². The molecule has 0 radical (unpaired) electrons. The Morgan fingerprint density at radius 1 is 1.44 bits per heavy atom. The van der Waals surface area contributed by atoms with Crippen LogP contribution in [0.4, 0.5) is 0 Å². The van der Waals surface area contributed by atoms with Crippen molar-refractivity contribution in [2.45, 2.75) is 12.8 Å². The molecule has 0 aromatic rings. The lowest BCUT2D eigenvalue weighted by Crippen LogP contribution is -2.19. The van der Waals surface area contributed by atoms with E-state index in [0.717, 1.165) is 19.4 Å². The molecule has 2 unspecified atom stereocenters. The van der Waals surface area contributed by atoms with Crippen LogP contribution in [0.25, 0.3) is 0 Å². The van der Waals surface area contributed by atoms with E-state index < -0.39 is 0 Å². The van der Waals surface area contributed by atoms with E-state index in [4.69, 9.17) is 4.74 Å². The van der Waals surface area contributed by atoms with Crippen LogP contribution in [0.15, 0.2) is 0 Å². The number of ether oxygens (including phenoxy) is 1. The molecule has 1 aliphatic heterocycles. The summed E-state index contributed by atoms with van der Waals surface area (Å²) in [7, 11) is 0. The second kappa shape index (κ2) is 1.81. The van der Waals surface area contributed by atoms with Gasteiger partial charge in [-0.05, 0) is 12.3 Å². The Hall–Kier alpha value is -0.370. The maximum Gasteiger partial charge on any atom is 0.138 e. The molecule has 2 aliphatic rings. The average molecular weight is 126 g/mol. The summed E-state index contributed by atoms with van der Waals surface area (Å²) in [6.07, 6.45) is 1.88. The van der Waals surface area contributed by atoms with Gasteiger partial charge >= 0.3 is 0 Å². The van der Waals surface area contributed by atoms with E-state index in [1.165, 1.54) is 0 Å². The van der Waals surface area contributed by atoms with Gasteiger partial charge < -0.3 is 4.74 Å². The van der Waals surface area contributed by atoms with Gasteiger partial charge in [0.25, 0.3) is 0 Å². The number of rotatable bonds is 0. The van der Waals surface area contributed by atoms with Crippen LogP contribution in [-0.2, 0) is 9.53 Å². The van der Waals surface area contributed by atoms with Crippen molar-refractivity contribution in [2.75, 3.05) is 13.2 Å². The first-order valence-corrected chi connectivity index (χ1v) is 3.46. The molecule has 1 aliphatic carbocycles.